The molecule has 1 fully saturated rings. The third kappa shape index (κ3) is 4.50. The molecular formula is C23H22F3N3O4. The monoisotopic (exact) mass is 461 g/mol. The van der Waals surface area contributed by atoms with E-state index in [2.05, 4.69) is 5.16 Å². The maximum atomic E-state index is 13.1. The summed E-state index contributed by atoms with van der Waals surface area (Å²) >= 11 is 0. The summed E-state index contributed by atoms with van der Waals surface area (Å²) in [6.07, 6.45) is -3.12. The lowest BCUT2D eigenvalue weighted by Gasteiger charge is -2.17. The number of imide groups is 1. The average Bonchev–Trinajstić information content (AvgIpc) is 3.35. The second-order valence-corrected chi connectivity index (χ2v) is 7.65. The summed E-state index contributed by atoms with van der Waals surface area (Å²) in [7, 11) is 0. The van der Waals surface area contributed by atoms with E-state index in [1.54, 1.807) is 24.3 Å². The molecule has 0 atom stereocenters. The van der Waals surface area contributed by atoms with Crippen LogP contribution in [0.25, 0.3) is 11.0 Å². The van der Waals surface area contributed by atoms with Crippen molar-refractivity contribution in [3.8, 4) is 5.75 Å². The summed E-state index contributed by atoms with van der Waals surface area (Å²) in [6.45, 7) is 2.22. The van der Waals surface area contributed by atoms with Crippen LogP contribution in [0.1, 0.15) is 31.0 Å². The lowest BCUT2D eigenvalue weighted by atomic mass is 10.0. The van der Waals surface area contributed by atoms with E-state index in [4.69, 9.17) is 9.26 Å². The first-order chi connectivity index (χ1) is 15.8. The van der Waals surface area contributed by atoms with Gasteiger partial charge in [0.2, 0.25) is 0 Å². The predicted molar refractivity (Wildman–Crippen MR) is 114 cm³/mol. The number of ether oxygens (including phenoxy) is 1. The van der Waals surface area contributed by atoms with Gasteiger partial charge < -0.3 is 9.26 Å². The zero-order valence-corrected chi connectivity index (χ0v) is 17.9. The maximum absolute atomic E-state index is 13.1. The van der Waals surface area contributed by atoms with Crippen molar-refractivity contribution in [2.45, 2.75) is 32.4 Å². The molecule has 0 spiro atoms. The van der Waals surface area contributed by atoms with Crippen molar-refractivity contribution in [3.05, 3.63) is 53.7 Å². The number of para-hydroxylation sites is 1. The molecule has 2 heterocycles. The number of anilines is 1. The highest BCUT2D eigenvalue weighted by molar-refractivity contribution is 6.12. The van der Waals surface area contributed by atoms with Gasteiger partial charge in [0.15, 0.2) is 11.3 Å². The summed E-state index contributed by atoms with van der Waals surface area (Å²) in [5.74, 6) is 0.109. The second-order valence-electron chi connectivity index (χ2n) is 7.65. The number of benzene rings is 2. The number of carbonyl (C=O) groups excluding carboxylic acids is 2. The van der Waals surface area contributed by atoms with Gasteiger partial charge in [-0.1, -0.05) is 36.7 Å². The molecular weight excluding hydrogens is 439 g/mol. The van der Waals surface area contributed by atoms with E-state index in [1.807, 2.05) is 13.0 Å². The van der Waals surface area contributed by atoms with Crippen LogP contribution in [0.15, 0.2) is 47.0 Å². The summed E-state index contributed by atoms with van der Waals surface area (Å²) in [5, 5.41) is 3.10. The molecule has 1 saturated heterocycles. The van der Waals surface area contributed by atoms with E-state index in [0.717, 1.165) is 0 Å². The smallest absolute Gasteiger partial charge is 0.437 e. The average molecular weight is 461 g/mol. The number of fused-ring (bicyclic) bond motifs is 1. The molecule has 4 rings (SSSR count). The zero-order valence-electron chi connectivity index (χ0n) is 17.9. The lowest BCUT2D eigenvalue weighted by Crippen LogP contribution is -2.34. The van der Waals surface area contributed by atoms with Crippen LogP contribution in [0.4, 0.5) is 23.7 Å². The van der Waals surface area contributed by atoms with Crippen molar-refractivity contribution in [1.29, 1.82) is 0 Å². The van der Waals surface area contributed by atoms with E-state index >= 15 is 0 Å². The largest absolute Gasteiger partial charge is 0.493 e. The van der Waals surface area contributed by atoms with Gasteiger partial charge in [-0.15, -0.1) is 0 Å². The van der Waals surface area contributed by atoms with Crippen LogP contribution >= 0.6 is 0 Å². The molecule has 1 aliphatic heterocycles. The molecule has 2 aromatic carbocycles. The highest BCUT2D eigenvalue weighted by Gasteiger charge is 2.38. The Morgan fingerprint density at radius 3 is 2.58 bits per heavy atom. The van der Waals surface area contributed by atoms with E-state index in [0.29, 0.717) is 36.3 Å². The fourth-order valence-corrected chi connectivity index (χ4v) is 3.84. The van der Waals surface area contributed by atoms with E-state index in [9.17, 15) is 22.8 Å². The summed E-state index contributed by atoms with van der Waals surface area (Å²) in [6, 6.07) is 11.3. The van der Waals surface area contributed by atoms with Crippen molar-refractivity contribution in [2.75, 3.05) is 24.6 Å². The molecule has 0 N–H and O–H groups in total. The molecule has 10 heteroatoms. The number of aryl methyl sites for hydroxylation is 1. The molecule has 0 aliphatic carbocycles. The number of amides is 3. The highest BCUT2D eigenvalue weighted by Crippen LogP contribution is 2.38. The first-order valence-electron chi connectivity index (χ1n) is 10.6. The third-order valence-corrected chi connectivity index (χ3v) is 5.38. The number of halogens is 3. The van der Waals surface area contributed by atoms with Crippen LogP contribution < -0.4 is 9.64 Å². The van der Waals surface area contributed by atoms with Gasteiger partial charge in [-0.25, -0.2) is 4.79 Å². The molecule has 1 aromatic heterocycles. The summed E-state index contributed by atoms with van der Waals surface area (Å²) < 4.78 is 50.3. The molecule has 33 heavy (non-hydrogen) atoms. The third-order valence-electron chi connectivity index (χ3n) is 5.38. The Balaban J connectivity index is 1.41. The summed E-state index contributed by atoms with van der Waals surface area (Å²) in [4.78, 5) is 27.5. The number of aromatic nitrogens is 1. The fraction of sp³-hybridized carbons (Fsp3) is 0.348. The lowest BCUT2D eigenvalue weighted by molar-refractivity contribution is -0.141. The predicted octanol–water partition coefficient (Wildman–Crippen LogP) is 5.04. The number of alkyl halides is 3. The van der Waals surface area contributed by atoms with E-state index in [1.165, 1.54) is 21.9 Å². The van der Waals surface area contributed by atoms with Gasteiger partial charge in [-0.3, -0.25) is 14.6 Å². The number of nitrogens with zero attached hydrogens (tertiary/aromatic N) is 3. The quantitative estimate of drug-likeness (QED) is 0.347. The first kappa shape index (κ1) is 22.6. The Kier molecular flexibility index (Phi) is 6.26. The molecule has 1 aliphatic rings. The first-order valence-corrected chi connectivity index (χ1v) is 10.6. The minimum absolute atomic E-state index is 0.0198. The van der Waals surface area contributed by atoms with Crippen molar-refractivity contribution in [2.24, 2.45) is 0 Å². The van der Waals surface area contributed by atoms with Crippen molar-refractivity contribution >= 4 is 28.6 Å². The Labute approximate surface area is 187 Å². The molecule has 3 aromatic rings. The zero-order chi connectivity index (χ0) is 23.6. The minimum Gasteiger partial charge on any atom is -0.493 e. The van der Waals surface area contributed by atoms with Crippen LogP contribution in [0.2, 0.25) is 0 Å². The number of carbonyl (C=O) groups is 2. The van der Waals surface area contributed by atoms with Crippen LogP contribution in [0, 0.1) is 0 Å². The van der Waals surface area contributed by atoms with Gasteiger partial charge in [0.25, 0.3) is 5.91 Å². The van der Waals surface area contributed by atoms with Crippen LogP contribution in [-0.4, -0.2) is 41.7 Å². The molecule has 7 nitrogen and oxygen atoms in total. The Hall–Kier alpha value is -3.56. The van der Waals surface area contributed by atoms with Gasteiger partial charge in [-0.05, 0) is 37.1 Å². The van der Waals surface area contributed by atoms with Gasteiger partial charge in [-0.2, -0.15) is 13.2 Å². The van der Waals surface area contributed by atoms with Gasteiger partial charge in [0.1, 0.15) is 12.3 Å². The molecule has 3 amide bonds. The molecule has 0 bridgehead atoms. The van der Waals surface area contributed by atoms with Gasteiger partial charge in [0.05, 0.1) is 12.0 Å². The van der Waals surface area contributed by atoms with Gasteiger partial charge >= 0.3 is 12.2 Å². The highest BCUT2D eigenvalue weighted by atomic mass is 19.4. The standard InChI is InChI=1S/C23H22F3N3O4/c1-2-7-16-18(11-10-17-20(16)33-27-21(17)23(24,25)26)32-13-6-12-28-19(30)14-29(22(28)31)15-8-4-3-5-9-15/h3-5,8-11H,2,6-7,12-14H2,1H3. The SMILES string of the molecule is CCCc1c(OCCCN2C(=O)CN(c3ccccc3)C2=O)ccc2c(C(F)(F)F)noc12. The van der Waals surface area contributed by atoms with Crippen LogP contribution in [0.3, 0.4) is 0 Å². The van der Waals surface area contributed by atoms with Crippen molar-refractivity contribution in [3.63, 3.8) is 0 Å². The molecule has 0 unspecified atom stereocenters. The molecule has 0 saturated carbocycles. The Bertz CT molecular complexity index is 1160. The number of hydrogen-bond donors (Lipinski definition) is 0. The van der Waals surface area contributed by atoms with Crippen LogP contribution in [0.5, 0.6) is 5.75 Å². The Morgan fingerprint density at radius 1 is 1.12 bits per heavy atom. The topological polar surface area (TPSA) is 75.9 Å². The number of urea groups is 1. The molecule has 0 radical (unpaired) electrons. The number of rotatable bonds is 8. The minimum atomic E-state index is -4.61. The van der Waals surface area contributed by atoms with Crippen molar-refractivity contribution in [1.82, 2.24) is 10.1 Å². The van der Waals surface area contributed by atoms with Crippen molar-refractivity contribution < 1.29 is 32.0 Å². The molecule has 174 valence electrons. The maximum Gasteiger partial charge on any atom is 0.437 e. The normalized spacial score (nSPS) is 14.5. The van der Waals surface area contributed by atoms with E-state index in [-0.39, 0.29) is 42.6 Å². The summed E-state index contributed by atoms with van der Waals surface area (Å²) in [5.41, 5.74) is 0.166. The fourth-order valence-electron chi connectivity index (χ4n) is 3.84. The number of hydrogen-bond acceptors (Lipinski definition) is 5. The second kappa shape index (κ2) is 9.13. The van der Waals surface area contributed by atoms with Gasteiger partial charge in [0, 0.05) is 17.8 Å². The Morgan fingerprint density at radius 2 is 1.88 bits per heavy atom. The van der Waals surface area contributed by atoms with Crippen LogP contribution in [-0.2, 0) is 17.4 Å². The van der Waals surface area contributed by atoms with E-state index < -0.39 is 11.9 Å².